The molecule has 0 unspecified atom stereocenters. The minimum absolute atomic E-state index is 0.0432. The van der Waals surface area contributed by atoms with Gasteiger partial charge < -0.3 is 15.0 Å². The maximum Gasteiger partial charge on any atom is 0.252 e. The summed E-state index contributed by atoms with van der Waals surface area (Å²) in [6.45, 7) is 3.68. The number of nitrogens with one attached hydrogen (secondary N) is 1. The van der Waals surface area contributed by atoms with E-state index in [1.807, 2.05) is 0 Å². The molecule has 120 valence electrons. The third-order valence-corrected chi connectivity index (χ3v) is 4.07. The molecule has 1 N–H and O–H groups in total. The number of anilines is 1. The van der Waals surface area contributed by atoms with Gasteiger partial charge in [-0.05, 0) is 38.5 Å². The second-order valence-corrected chi connectivity index (χ2v) is 6.02. The molecule has 5 nitrogen and oxygen atoms in total. The number of halogens is 2. The molecule has 7 heteroatoms. The number of hydrogen-bond acceptors (Lipinski definition) is 3. The van der Waals surface area contributed by atoms with Crippen molar-refractivity contribution < 1.29 is 18.7 Å². The highest BCUT2D eigenvalue weighted by Crippen LogP contribution is 2.26. The van der Waals surface area contributed by atoms with Gasteiger partial charge in [0.05, 0.1) is 5.02 Å². The predicted molar refractivity (Wildman–Crippen MR) is 81.4 cm³/mol. The van der Waals surface area contributed by atoms with Gasteiger partial charge in [0.2, 0.25) is 5.91 Å². The summed E-state index contributed by atoms with van der Waals surface area (Å²) in [6, 6.07) is 3.48. The Balaban J connectivity index is 2.10. The first-order valence-corrected chi connectivity index (χ1v) is 7.26. The smallest absolute Gasteiger partial charge is 0.252 e. The normalized spacial score (nSPS) is 18.7. The van der Waals surface area contributed by atoms with Gasteiger partial charge in [0.25, 0.3) is 5.91 Å². The van der Waals surface area contributed by atoms with E-state index in [1.165, 1.54) is 30.2 Å². The lowest BCUT2D eigenvalue weighted by molar-refractivity contribution is -0.141. The average Bonchev–Trinajstić information content (AvgIpc) is 2.83. The van der Waals surface area contributed by atoms with Crippen molar-refractivity contribution in [2.24, 2.45) is 0 Å². The Kier molecular flexibility index (Phi) is 4.72. The maximum atomic E-state index is 13.2. The van der Waals surface area contributed by atoms with Crippen LogP contribution in [-0.2, 0) is 14.3 Å². The fourth-order valence-electron chi connectivity index (χ4n) is 2.15. The second-order valence-electron chi connectivity index (χ2n) is 5.62. The van der Waals surface area contributed by atoms with Crippen LogP contribution in [0.1, 0.15) is 20.3 Å². The van der Waals surface area contributed by atoms with Gasteiger partial charge in [0, 0.05) is 19.3 Å². The molecule has 0 aromatic heterocycles. The number of benzene rings is 1. The molecule has 1 aromatic rings. The van der Waals surface area contributed by atoms with Crippen molar-refractivity contribution in [1.82, 2.24) is 5.32 Å². The van der Waals surface area contributed by atoms with Gasteiger partial charge in [-0.2, -0.15) is 0 Å². The van der Waals surface area contributed by atoms with Gasteiger partial charge >= 0.3 is 0 Å². The molecular formula is C15H18ClFN2O3. The first kappa shape index (κ1) is 16.7. The lowest BCUT2D eigenvalue weighted by Gasteiger charge is -2.24. The zero-order valence-corrected chi connectivity index (χ0v) is 13.4. The van der Waals surface area contributed by atoms with Crippen molar-refractivity contribution in [1.29, 1.82) is 0 Å². The molecule has 2 rings (SSSR count). The van der Waals surface area contributed by atoms with E-state index in [0.717, 1.165) is 0 Å². The second kappa shape index (κ2) is 6.22. The van der Waals surface area contributed by atoms with Crippen molar-refractivity contribution >= 4 is 29.1 Å². The van der Waals surface area contributed by atoms with Crippen LogP contribution in [0.3, 0.4) is 0 Å². The van der Waals surface area contributed by atoms with E-state index >= 15 is 0 Å². The Hall–Kier alpha value is -1.66. The highest BCUT2D eigenvalue weighted by molar-refractivity contribution is 6.31. The molecule has 1 aromatic carbocycles. The van der Waals surface area contributed by atoms with Gasteiger partial charge in [-0.25, -0.2) is 4.39 Å². The number of methoxy groups -OCH3 is 1. The van der Waals surface area contributed by atoms with Crippen molar-refractivity contribution in [3.05, 3.63) is 29.0 Å². The summed E-state index contributed by atoms with van der Waals surface area (Å²) in [5.41, 5.74) is -0.494. The summed E-state index contributed by atoms with van der Waals surface area (Å²) in [6.07, 6.45) is 0.472. The fraction of sp³-hybridized carbons (Fsp3) is 0.467. The molecule has 0 radical (unpaired) electrons. The molecule has 0 aliphatic carbocycles. The zero-order chi connectivity index (χ0) is 16.5. The van der Waals surface area contributed by atoms with Crippen LogP contribution in [0, 0.1) is 5.82 Å². The molecule has 1 atom stereocenters. The molecule has 22 heavy (non-hydrogen) atoms. The average molecular weight is 329 g/mol. The molecule has 0 saturated carbocycles. The number of carbonyl (C=O) groups is 2. The van der Waals surface area contributed by atoms with Gasteiger partial charge in [-0.3, -0.25) is 9.59 Å². The predicted octanol–water partition coefficient (Wildman–Crippen LogP) is 2.13. The highest BCUT2D eigenvalue weighted by atomic mass is 35.5. The van der Waals surface area contributed by atoms with Crippen LogP contribution < -0.4 is 10.2 Å². The monoisotopic (exact) mass is 328 g/mol. The van der Waals surface area contributed by atoms with Crippen molar-refractivity contribution in [2.75, 3.05) is 18.6 Å². The van der Waals surface area contributed by atoms with Crippen LogP contribution in [0.4, 0.5) is 10.1 Å². The fourth-order valence-corrected chi connectivity index (χ4v) is 2.32. The van der Waals surface area contributed by atoms with Crippen LogP contribution in [0.5, 0.6) is 0 Å². The third kappa shape index (κ3) is 3.23. The molecular weight excluding hydrogens is 311 g/mol. The Morgan fingerprint density at radius 2 is 2.18 bits per heavy atom. The van der Waals surface area contributed by atoms with E-state index in [9.17, 15) is 14.0 Å². The van der Waals surface area contributed by atoms with Crippen molar-refractivity contribution in [2.45, 2.75) is 31.9 Å². The van der Waals surface area contributed by atoms with Gasteiger partial charge in [0.1, 0.15) is 17.5 Å². The SMILES string of the molecule is COC(C)(C)C(=O)N[C@H]1CCN(c2ccc(F)c(Cl)c2)C1=O. The standard InChI is InChI=1S/C15H18ClFN2O3/c1-15(2,22-3)14(21)18-12-6-7-19(13(12)20)9-4-5-11(17)10(16)8-9/h4-5,8,12H,6-7H2,1-3H3,(H,18,21)/t12-/m0/s1. The van der Waals surface area contributed by atoms with E-state index in [2.05, 4.69) is 5.32 Å². The van der Waals surface area contributed by atoms with E-state index in [-0.39, 0.29) is 16.8 Å². The van der Waals surface area contributed by atoms with E-state index < -0.39 is 17.5 Å². The van der Waals surface area contributed by atoms with Gasteiger partial charge in [0.15, 0.2) is 0 Å². The van der Waals surface area contributed by atoms with Crippen molar-refractivity contribution in [3.63, 3.8) is 0 Å². The van der Waals surface area contributed by atoms with Crippen LogP contribution in [0.2, 0.25) is 5.02 Å². The topological polar surface area (TPSA) is 58.6 Å². The third-order valence-electron chi connectivity index (χ3n) is 3.78. The summed E-state index contributed by atoms with van der Waals surface area (Å²) in [5, 5.41) is 2.64. The molecule has 2 amide bonds. The molecule has 1 heterocycles. The molecule has 1 aliphatic rings. The molecule has 1 aliphatic heterocycles. The van der Waals surface area contributed by atoms with Crippen molar-refractivity contribution in [3.8, 4) is 0 Å². The summed E-state index contributed by atoms with van der Waals surface area (Å²) >= 11 is 5.74. The Labute approximate surface area is 133 Å². The Morgan fingerprint density at radius 3 is 2.77 bits per heavy atom. The first-order chi connectivity index (χ1) is 10.3. The number of ether oxygens (including phenoxy) is 1. The number of carbonyl (C=O) groups excluding carboxylic acids is 2. The number of hydrogen-bond donors (Lipinski definition) is 1. The first-order valence-electron chi connectivity index (χ1n) is 6.89. The summed E-state index contributed by atoms with van der Waals surface area (Å²) in [7, 11) is 1.43. The van der Waals surface area contributed by atoms with Gasteiger partial charge in [-0.15, -0.1) is 0 Å². The number of rotatable bonds is 4. The molecule has 1 fully saturated rings. The highest BCUT2D eigenvalue weighted by Gasteiger charge is 2.37. The maximum absolute atomic E-state index is 13.2. The van der Waals surface area contributed by atoms with Crippen LogP contribution in [0.25, 0.3) is 0 Å². The Morgan fingerprint density at radius 1 is 1.50 bits per heavy atom. The number of amides is 2. The van der Waals surface area contributed by atoms with Crippen LogP contribution in [0.15, 0.2) is 18.2 Å². The van der Waals surface area contributed by atoms with Gasteiger partial charge in [-0.1, -0.05) is 11.6 Å². The minimum atomic E-state index is -1.01. The molecule has 0 spiro atoms. The van der Waals surface area contributed by atoms with Crippen LogP contribution >= 0.6 is 11.6 Å². The summed E-state index contributed by atoms with van der Waals surface area (Å²) < 4.78 is 18.3. The quantitative estimate of drug-likeness (QED) is 0.921. The molecule has 0 bridgehead atoms. The summed E-state index contributed by atoms with van der Waals surface area (Å²) in [4.78, 5) is 25.9. The van der Waals surface area contributed by atoms with E-state index in [1.54, 1.807) is 13.8 Å². The lowest BCUT2D eigenvalue weighted by Crippen LogP contribution is -2.50. The summed E-state index contributed by atoms with van der Waals surface area (Å²) in [5.74, 6) is -1.14. The zero-order valence-electron chi connectivity index (χ0n) is 12.7. The molecule has 1 saturated heterocycles. The number of nitrogens with zero attached hydrogens (tertiary/aromatic N) is 1. The Bertz CT molecular complexity index is 606. The minimum Gasteiger partial charge on any atom is -0.369 e. The van der Waals surface area contributed by atoms with E-state index in [0.29, 0.717) is 18.7 Å². The van der Waals surface area contributed by atoms with E-state index in [4.69, 9.17) is 16.3 Å². The largest absolute Gasteiger partial charge is 0.369 e. The lowest BCUT2D eigenvalue weighted by atomic mass is 10.1. The van der Waals surface area contributed by atoms with Crippen LogP contribution in [-0.4, -0.2) is 37.1 Å².